The molecule has 0 aliphatic heterocycles. The molecule has 0 atom stereocenters. The Morgan fingerprint density at radius 3 is 2.44 bits per heavy atom. The lowest BCUT2D eigenvalue weighted by atomic mass is 10.1. The van der Waals surface area contributed by atoms with Gasteiger partial charge < -0.3 is 5.32 Å². The SMILES string of the molecule is O=C(NCc1cccc(C(F)(F)F)c1)c1cc2sccc2nc1C(F)(F)F. The van der Waals surface area contributed by atoms with E-state index >= 15 is 0 Å². The number of nitrogens with zero attached hydrogens (tertiary/aromatic N) is 1. The molecule has 0 radical (unpaired) electrons. The van der Waals surface area contributed by atoms with Gasteiger partial charge in [0, 0.05) is 6.54 Å². The number of benzene rings is 1. The van der Waals surface area contributed by atoms with E-state index in [1.165, 1.54) is 12.1 Å². The van der Waals surface area contributed by atoms with Gasteiger partial charge in [0.2, 0.25) is 0 Å². The van der Waals surface area contributed by atoms with Gasteiger partial charge in [-0.2, -0.15) is 26.3 Å². The Balaban J connectivity index is 1.86. The number of carbonyl (C=O) groups excluding carboxylic acids is 1. The average molecular weight is 404 g/mol. The topological polar surface area (TPSA) is 42.0 Å². The van der Waals surface area contributed by atoms with Crippen LogP contribution in [0.3, 0.4) is 0 Å². The number of halogens is 6. The summed E-state index contributed by atoms with van der Waals surface area (Å²) in [5.41, 5.74) is -2.70. The normalized spacial score (nSPS) is 12.4. The van der Waals surface area contributed by atoms with Crippen LogP contribution in [-0.4, -0.2) is 10.9 Å². The molecular weight excluding hydrogens is 394 g/mol. The lowest BCUT2D eigenvalue weighted by Crippen LogP contribution is -2.26. The predicted molar refractivity (Wildman–Crippen MR) is 87.2 cm³/mol. The summed E-state index contributed by atoms with van der Waals surface area (Å²) in [6.07, 6.45) is -9.41. The molecule has 0 aliphatic carbocycles. The van der Waals surface area contributed by atoms with Gasteiger partial charge in [-0.1, -0.05) is 12.1 Å². The fraction of sp³-hybridized carbons (Fsp3) is 0.176. The van der Waals surface area contributed by atoms with Crippen molar-refractivity contribution in [2.24, 2.45) is 0 Å². The standard InChI is InChI=1S/C17H10F6N2OS/c18-16(19,20)10-3-1-2-9(6-10)8-24-15(26)11-7-13-12(4-5-27-13)25-14(11)17(21,22)23/h1-7H,8H2,(H,24,26). The van der Waals surface area contributed by atoms with Crippen molar-refractivity contribution in [1.82, 2.24) is 10.3 Å². The first kappa shape index (κ1) is 19.2. The number of fused-ring (bicyclic) bond motifs is 1. The molecule has 1 aromatic carbocycles. The number of hydrogen-bond donors (Lipinski definition) is 1. The molecule has 2 aromatic heterocycles. The summed E-state index contributed by atoms with van der Waals surface area (Å²) < 4.78 is 78.2. The second kappa shape index (κ2) is 6.84. The molecule has 0 saturated heterocycles. The second-order valence-corrected chi connectivity index (χ2v) is 6.51. The summed E-state index contributed by atoms with van der Waals surface area (Å²) in [6, 6.07) is 6.66. The van der Waals surface area contributed by atoms with Crippen LogP contribution < -0.4 is 5.32 Å². The Hall–Kier alpha value is -2.62. The van der Waals surface area contributed by atoms with E-state index in [0.717, 1.165) is 35.6 Å². The van der Waals surface area contributed by atoms with Crippen LogP contribution >= 0.6 is 11.3 Å². The number of hydrogen-bond acceptors (Lipinski definition) is 3. The van der Waals surface area contributed by atoms with Gasteiger partial charge >= 0.3 is 12.4 Å². The van der Waals surface area contributed by atoms with E-state index in [-0.39, 0.29) is 17.6 Å². The van der Waals surface area contributed by atoms with Crippen molar-refractivity contribution >= 4 is 27.5 Å². The molecule has 0 fully saturated rings. The Labute approximate surface area is 152 Å². The molecular formula is C17H10F6N2OS. The molecule has 2 heterocycles. The van der Waals surface area contributed by atoms with Gasteiger partial charge in [0.25, 0.3) is 5.91 Å². The highest BCUT2D eigenvalue weighted by Gasteiger charge is 2.38. The van der Waals surface area contributed by atoms with E-state index in [1.54, 1.807) is 5.38 Å². The first-order chi connectivity index (χ1) is 12.6. The predicted octanol–water partition coefficient (Wildman–Crippen LogP) is 5.26. The van der Waals surface area contributed by atoms with Crippen LogP contribution in [0.25, 0.3) is 10.2 Å². The number of alkyl halides is 6. The minimum atomic E-state index is -4.85. The molecule has 0 unspecified atom stereocenters. The molecule has 142 valence electrons. The van der Waals surface area contributed by atoms with E-state index in [0.29, 0.717) is 4.70 Å². The van der Waals surface area contributed by atoms with E-state index < -0.39 is 35.1 Å². The maximum atomic E-state index is 13.2. The summed E-state index contributed by atoms with van der Waals surface area (Å²) in [6.45, 7) is -0.359. The lowest BCUT2D eigenvalue weighted by Gasteiger charge is -2.13. The van der Waals surface area contributed by atoms with Crippen molar-refractivity contribution in [1.29, 1.82) is 0 Å². The zero-order valence-corrected chi connectivity index (χ0v) is 14.1. The Morgan fingerprint density at radius 1 is 1.04 bits per heavy atom. The third-order valence-electron chi connectivity index (χ3n) is 3.66. The Morgan fingerprint density at radius 2 is 1.78 bits per heavy atom. The highest BCUT2D eigenvalue weighted by Crippen LogP contribution is 2.34. The molecule has 27 heavy (non-hydrogen) atoms. The van der Waals surface area contributed by atoms with Crippen LogP contribution in [-0.2, 0) is 18.9 Å². The van der Waals surface area contributed by atoms with Crippen LogP contribution in [0.1, 0.15) is 27.2 Å². The minimum absolute atomic E-state index is 0.108. The minimum Gasteiger partial charge on any atom is -0.348 e. The highest BCUT2D eigenvalue weighted by atomic mass is 32.1. The number of carbonyl (C=O) groups is 1. The van der Waals surface area contributed by atoms with Crippen molar-refractivity contribution in [2.45, 2.75) is 18.9 Å². The quantitative estimate of drug-likeness (QED) is 0.605. The third kappa shape index (κ3) is 4.21. The number of nitrogens with one attached hydrogen (secondary N) is 1. The molecule has 3 nitrogen and oxygen atoms in total. The zero-order valence-electron chi connectivity index (χ0n) is 13.3. The average Bonchev–Trinajstić information content (AvgIpc) is 3.05. The molecule has 0 spiro atoms. The Kier molecular flexibility index (Phi) is 4.85. The van der Waals surface area contributed by atoms with E-state index in [9.17, 15) is 31.1 Å². The monoisotopic (exact) mass is 404 g/mol. The highest BCUT2D eigenvalue weighted by molar-refractivity contribution is 7.17. The summed E-state index contributed by atoms with van der Waals surface area (Å²) >= 11 is 1.12. The van der Waals surface area contributed by atoms with Crippen LogP contribution in [0.4, 0.5) is 26.3 Å². The molecule has 0 saturated carbocycles. The third-order valence-corrected chi connectivity index (χ3v) is 4.51. The van der Waals surface area contributed by atoms with Crippen molar-refractivity contribution in [3.63, 3.8) is 0 Å². The number of rotatable bonds is 3. The number of aromatic nitrogens is 1. The first-order valence-electron chi connectivity index (χ1n) is 7.45. The molecule has 1 amide bonds. The lowest BCUT2D eigenvalue weighted by molar-refractivity contribution is -0.141. The van der Waals surface area contributed by atoms with E-state index in [4.69, 9.17) is 0 Å². The van der Waals surface area contributed by atoms with Gasteiger partial charge in [-0.15, -0.1) is 11.3 Å². The van der Waals surface area contributed by atoms with Gasteiger partial charge in [-0.3, -0.25) is 4.79 Å². The van der Waals surface area contributed by atoms with Gasteiger partial charge in [-0.25, -0.2) is 4.98 Å². The van der Waals surface area contributed by atoms with Crippen LogP contribution in [0.5, 0.6) is 0 Å². The number of amides is 1. The molecule has 10 heteroatoms. The second-order valence-electron chi connectivity index (χ2n) is 5.57. The molecule has 0 aliphatic rings. The number of pyridine rings is 1. The van der Waals surface area contributed by atoms with E-state index in [1.807, 2.05) is 0 Å². The first-order valence-corrected chi connectivity index (χ1v) is 8.33. The smallest absolute Gasteiger partial charge is 0.348 e. The van der Waals surface area contributed by atoms with Crippen molar-refractivity contribution < 1.29 is 31.1 Å². The van der Waals surface area contributed by atoms with Crippen LogP contribution in [0.15, 0.2) is 41.8 Å². The summed E-state index contributed by atoms with van der Waals surface area (Å²) in [4.78, 5) is 15.8. The maximum absolute atomic E-state index is 13.2. The molecule has 3 rings (SSSR count). The van der Waals surface area contributed by atoms with Crippen molar-refractivity contribution in [2.75, 3.05) is 0 Å². The molecule has 1 N–H and O–H groups in total. The summed E-state index contributed by atoms with van der Waals surface area (Å²) in [7, 11) is 0. The fourth-order valence-corrected chi connectivity index (χ4v) is 3.18. The van der Waals surface area contributed by atoms with Crippen LogP contribution in [0.2, 0.25) is 0 Å². The largest absolute Gasteiger partial charge is 0.434 e. The van der Waals surface area contributed by atoms with E-state index in [2.05, 4.69) is 10.3 Å². The van der Waals surface area contributed by atoms with Crippen molar-refractivity contribution in [3.8, 4) is 0 Å². The van der Waals surface area contributed by atoms with Crippen molar-refractivity contribution in [3.05, 3.63) is 64.2 Å². The van der Waals surface area contributed by atoms with Gasteiger partial charge in [0.1, 0.15) is 0 Å². The summed E-state index contributed by atoms with van der Waals surface area (Å²) in [5, 5.41) is 3.77. The number of thiophene rings is 1. The maximum Gasteiger partial charge on any atom is 0.434 e. The zero-order chi connectivity index (χ0) is 19.8. The molecule has 3 aromatic rings. The van der Waals surface area contributed by atoms with Gasteiger partial charge in [-0.05, 0) is 35.2 Å². The van der Waals surface area contributed by atoms with Gasteiger partial charge in [0.05, 0.1) is 21.3 Å². The van der Waals surface area contributed by atoms with Gasteiger partial charge in [0.15, 0.2) is 5.69 Å². The summed E-state index contributed by atoms with van der Waals surface area (Å²) in [5.74, 6) is -1.07. The molecule has 0 bridgehead atoms. The fourth-order valence-electron chi connectivity index (χ4n) is 2.42. The Bertz CT molecular complexity index is 993. The van der Waals surface area contributed by atoms with Crippen LogP contribution in [0, 0.1) is 0 Å².